The van der Waals surface area contributed by atoms with E-state index in [4.69, 9.17) is 16.6 Å². The monoisotopic (exact) mass is 207 g/mol. The number of nitrogens with two attached hydrogens (primary N) is 1. The molecule has 1 aromatic carbocycles. The SMILES string of the molecule is [NH]C(=O)c1ccccc1C[C@H](N)C(=O)O. The zero-order valence-corrected chi connectivity index (χ0v) is 7.93. The van der Waals surface area contributed by atoms with Gasteiger partial charge >= 0.3 is 5.97 Å². The highest BCUT2D eigenvalue weighted by molar-refractivity contribution is 5.93. The molecule has 1 rings (SSSR count). The first-order chi connectivity index (χ1) is 7.02. The normalized spacial score (nSPS) is 12.1. The summed E-state index contributed by atoms with van der Waals surface area (Å²) in [6, 6.07) is 5.34. The van der Waals surface area contributed by atoms with Crippen molar-refractivity contribution in [3.8, 4) is 0 Å². The van der Waals surface area contributed by atoms with Gasteiger partial charge in [0.25, 0.3) is 5.91 Å². The molecule has 0 aromatic heterocycles. The molecule has 0 spiro atoms. The van der Waals surface area contributed by atoms with Crippen molar-refractivity contribution in [3.05, 3.63) is 35.4 Å². The van der Waals surface area contributed by atoms with Crippen LogP contribution >= 0.6 is 0 Å². The van der Waals surface area contributed by atoms with E-state index in [0.717, 1.165) is 0 Å². The van der Waals surface area contributed by atoms with Crippen molar-refractivity contribution in [1.82, 2.24) is 5.73 Å². The quantitative estimate of drug-likeness (QED) is 0.728. The van der Waals surface area contributed by atoms with Crippen LogP contribution in [0.2, 0.25) is 0 Å². The summed E-state index contributed by atoms with van der Waals surface area (Å²) in [7, 11) is 0. The van der Waals surface area contributed by atoms with E-state index in [1.54, 1.807) is 18.2 Å². The van der Waals surface area contributed by atoms with E-state index < -0.39 is 17.9 Å². The highest BCUT2D eigenvalue weighted by Crippen LogP contribution is 2.10. The maximum atomic E-state index is 10.9. The van der Waals surface area contributed by atoms with Gasteiger partial charge in [-0.15, -0.1) is 0 Å². The lowest BCUT2D eigenvalue weighted by Gasteiger charge is -2.08. The van der Waals surface area contributed by atoms with Gasteiger partial charge in [-0.25, -0.2) is 0 Å². The molecule has 0 bridgehead atoms. The molecule has 1 aromatic rings. The van der Waals surface area contributed by atoms with E-state index in [9.17, 15) is 9.59 Å². The predicted octanol–water partition coefficient (Wildman–Crippen LogP) is 0.0641. The van der Waals surface area contributed by atoms with E-state index in [1.165, 1.54) is 6.07 Å². The van der Waals surface area contributed by atoms with Crippen molar-refractivity contribution in [1.29, 1.82) is 0 Å². The Hall–Kier alpha value is -1.88. The van der Waals surface area contributed by atoms with Crippen LogP contribution in [-0.4, -0.2) is 23.0 Å². The summed E-state index contributed by atoms with van der Waals surface area (Å²) in [4.78, 5) is 21.4. The number of carboxylic acids is 1. The second-order valence-corrected chi connectivity index (χ2v) is 3.14. The molecule has 0 aliphatic carbocycles. The molecule has 0 heterocycles. The number of hydrogen-bond donors (Lipinski definition) is 2. The molecule has 1 radical (unpaired) electrons. The molecule has 5 heteroatoms. The molecule has 0 unspecified atom stereocenters. The van der Waals surface area contributed by atoms with Crippen LogP contribution in [-0.2, 0) is 11.2 Å². The second-order valence-electron chi connectivity index (χ2n) is 3.14. The molecule has 4 N–H and O–H groups in total. The van der Waals surface area contributed by atoms with Crippen molar-refractivity contribution >= 4 is 11.9 Å². The van der Waals surface area contributed by atoms with Crippen LogP contribution < -0.4 is 11.5 Å². The minimum absolute atomic E-state index is 0.0517. The Labute approximate surface area is 86.7 Å². The first kappa shape index (κ1) is 11.2. The summed E-state index contributed by atoms with van der Waals surface area (Å²) in [5.41, 5.74) is 13.0. The highest BCUT2D eigenvalue weighted by Gasteiger charge is 2.16. The number of amides is 1. The Kier molecular flexibility index (Phi) is 3.41. The van der Waals surface area contributed by atoms with Crippen LogP contribution in [0.5, 0.6) is 0 Å². The zero-order valence-electron chi connectivity index (χ0n) is 7.93. The van der Waals surface area contributed by atoms with Crippen LogP contribution in [0.15, 0.2) is 24.3 Å². The fourth-order valence-electron chi connectivity index (χ4n) is 1.24. The smallest absolute Gasteiger partial charge is 0.320 e. The van der Waals surface area contributed by atoms with Gasteiger partial charge < -0.3 is 10.8 Å². The molecule has 1 atom stereocenters. The largest absolute Gasteiger partial charge is 0.480 e. The number of nitrogens with one attached hydrogen (secondary N) is 1. The maximum Gasteiger partial charge on any atom is 0.320 e. The zero-order chi connectivity index (χ0) is 11.4. The number of rotatable bonds is 4. The highest BCUT2D eigenvalue weighted by atomic mass is 16.4. The van der Waals surface area contributed by atoms with Crippen LogP contribution in [0.4, 0.5) is 0 Å². The average molecular weight is 207 g/mol. The van der Waals surface area contributed by atoms with Crippen LogP contribution in [0.3, 0.4) is 0 Å². The lowest BCUT2D eigenvalue weighted by Crippen LogP contribution is -2.32. The predicted molar refractivity (Wildman–Crippen MR) is 53.2 cm³/mol. The number of carbonyl (C=O) groups is 2. The fourth-order valence-corrected chi connectivity index (χ4v) is 1.24. The van der Waals surface area contributed by atoms with E-state index in [1.807, 2.05) is 0 Å². The van der Waals surface area contributed by atoms with E-state index in [-0.39, 0.29) is 12.0 Å². The third kappa shape index (κ3) is 2.78. The van der Waals surface area contributed by atoms with Gasteiger partial charge in [-0.2, -0.15) is 0 Å². The van der Waals surface area contributed by atoms with Crippen molar-refractivity contribution in [2.75, 3.05) is 0 Å². The number of hydrogen-bond acceptors (Lipinski definition) is 3. The summed E-state index contributed by atoms with van der Waals surface area (Å²) in [5.74, 6) is -1.95. The molecular formula is C10H11N2O3. The number of aliphatic carboxylic acids is 1. The van der Waals surface area contributed by atoms with Gasteiger partial charge in [0.15, 0.2) is 0 Å². The lowest BCUT2D eigenvalue weighted by atomic mass is 10.0. The molecule has 0 fully saturated rings. The van der Waals surface area contributed by atoms with Gasteiger partial charge in [-0.3, -0.25) is 15.3 Å². The minimum atomic E-state index is -1.12. The summed E-state index contributed by atoms with van der Waals surface area (Å²) in [6.07, 6.45) is 0.0517. The standard InChI is InChI=1S/C10H11N2O3/c11-8(10(14)15)5-6-3-1-2-4-7(6)9(12)13/h1-4,8,12H,5,11H2,(H,14,15)/t8-/m0/s1. The maximum absolute atomic E-state index is 10.9. The molecule has 0 saturated heterocycles. The Morgan fingerprint density at radius 1 is 1.40 bits per heavy atom. The van der Waals surface area contributed by atoms with E-state index in [2.05, 4.69) is 0 Å². The number of carboxylic acid groups (broad SMARTS) is 1. The average Bonchev–Trinajstić information content (AvgIpc) is 2.18. The first-order valence-electron chi connectivity index (χ1n) is 4.34. The Balaban J connectivity index is 2.94. The van der Waals surface area contributed by atoms with E-state index >= 15 is 0 Å². The topological polar surface area (TPSA) is 104 Å². The first-order valence-corrected chi connectivity index (χ1v) is 4.34. The van der Waals surface area contributed by atoms with Gasteiger partial charge in [0.05, 0.1) is 0 Å². The van der Waals surface area contributed by atoms with Gasteiger partial charge in [0.2, 0.25) is 0 Å². The van der Waals surface area contributed by atoms with Crippen LogP contribution in [0.1, 0.15) is 15.9 Å². The molecule has 0 aliphatic rings. The van der Waals surface area contributed by atoms with Gasteiger partial charge in [0, 0.05) is 5.56 Å². The Bertz CT molecular complexity index is 390. The lowest BCUT2D eigenvalue weighted by molar-refractivity contribution is -0.138. The summed E-state index contributed by atoms with van der Waals surface area (Å²) < 4.78 is 0. The fraction of sp³-hybridized carbons (Fsp3) is 0.200. The van der Waals surface area contributed by atoms with Crippen LogP contribution in [0, 0.1) is 0 Å². The van der Waals surface area contributed by atoms with Gasteiger partial charge in [-0.05, 0) is 18.1 Å². The second kappa shape index (κ2) is 4.56. The van der Waals surface area contributed by atoms with Crippen molar-refractivity contribution in [2.45, 2.75) is 12.5 Å². The third-order valence-electron chi connectivity index (χ3n) is 2.02. The molecule has 15 heavy (non-hydrogen) atoms. The summed E-state index contributed by atoms with van der Waals surface area (Å²) in [6.45, 7) is 0. The minimum Gasteiger partial charge on any atom is -0.480 e. The Morgan fingerprint density at radius 3 is 2.53 bits per heavy atom. The molecular weight excluding hydrogens is 196 g/mol. The van der Waals surface area contributed by atoms with Crippen molar-refractivity contribution in [3.63, 3.8) is 0 Å². The van der Waals surface area contributed by atoms with Gasteiger partial charge in [0.1, 0.15) is 6.04 Å². The summed E-state index contributed by atoms with van der Waals surface area (Å²) >= 11 is 0. The number of benzene rings is 1. The van der Waals surface area contributed by atoms with Crippen LogP contribution in [0.25, 0.3) is 0 Å². The van der Waals surface area contributed by atoms with E-state index in [0.29, 0.717) is 5.56 Å². The molecule has 1 amide bonds. The molecule has 0 saturated carbocycles. The van der Waals surface area contributed by atoms with Gasteiger partial charge in [-0.1, -0.05) is 18.2 Å². The van der Waals surface area contributed by atoms with Crippen molar-refractivity contribution in [2.24, 2.45) is 5.73 Å². The molecule has 5 nitrogen and oxygen atoms in total. The summed E-state index contributed by atoms with van der Waals surface area (Å²) in [5, 5.41) is 8.62. The van der Waals surface area contributed by atoms with Crippen molar-refractivity contribution < 1.29 is 14.7 Å². The third-order valence-corrected chi connectivity index (χ3v) is 2.02. The Morgan fingerprint density at radius 2 is 2.00 bits per heavy atom. The number of carbonyl (C=O) groups excluding carboxylic acids is 1. The molecule has 79 valence electrons. The molecule has 0 aliphatic heterocycles.